The number of hydrogen-bond acceptors (Lipinski definition) is 3. The van der Waals surface area contributed by atoms with Crippen molar-refractivity contribution < 1.29 is 0 Å². The number of nitrogens with one attached hydrogen (secondary N) is 1. The molecule has 2 heterocycles. The lowest BCUT2D eigenvalue weighted by Gasteiger charge is -2.24. The van der Waals surface area contributed by atoms with Gasteiger partial charge in [-0.2, -0.15) is 5.10 Å². The first-order valence-corrected chi connectivity index (χ1v) is 6.87. The average Bonchev–Trinajstić information content (AvgIpc) is 2.59. The van der Waals surface area contributed by atoms with Crippen molar-refractivity contribution in [3.63, 3.8) is 0 Å². The molecule has 0 unspecified atom stereocenters. The van der Waals surface area contributed by atoms with Crippen LogP contribution in [-0.4, -0.2) is 22.9 Å². The van der Waals surface area contributed by atoms with Crippen LogP contribution in [0.5, 0.6) is 0 Å². The van der Waals surface area contributed by atoms with Gasteiger partial charge in [0.05, 0.1) is 5.69 Å². The van der Waals surface area contributed by atoms with E-state index in [2.05, 4.69) is 16.5 Å². The third-order valence-corrected chi connectivity index (χ3v) is 4.18. The molecular weight excluding hydrogens is 212 g/mol. The Hall–Kier alpha value is -1.03. The number of nitrogens with two attached hydrogens (primary N) is 1. The van der Waals surface area contributed by atoms with Crippen LogP contribution >= 0.6 is 0 Å². The molecule has 0 aromatic carbocycles. The van der Waals surface area contributed by atoms with E-state index < -0.39 is 0 Å². The van der Waals surface area contributed by atoms with Gasteiger partial charge in [-0.05, 0) is 44.7 Å². The SMILES string of the molecule is Nc1cc(C2CCC2)nn1C[C@@H]1CCCNC1. The second kappa shape index (κ2) is 4.69. The van der Waals surface area contributed by atoms with Crippen LogP contribution in [0.2, 0.25) is 0 Å². The largest absolute Gasteiger partial charge is 0.384 e. The molecule has 1 aromatic heterocycles. The molecule has 2 aliphatic rings. The van der Waals surface area contributed by atoms with E-state index in [1.165, 1.54) is 44.3 Å². The van der Waals surface area contributed by atoms with Crippen molar-refractivity contribution in [1.29, 1.82) is 0 Å². The Morgan fingerprint density at radius 3 is 2.88 bits per heavy atom. The van der Waals surface area contributed by atoms with Crippen molar-refractivity contribution >= 4 is 5.82 Å². The van der Waals surface area contributed by atoms with E-state index in [-0.39, 0.29) is 0 Å². The van der Waals surface area contributed by atoms with Crippen molar-refractivity contribution in [2.45, 2.75) is 44.6 Å². The summed E-state index contributed by atoms with van der Waals surface area (Å²) < 4.78 is 2.02. The maximum absolute atomic E-state index is 6.06. The zero-order valence-electron chi connectivity index (χ0n) is 10.4. The highest BCUT2D eigenvalue weighted by atomic mass is 15.3. The fourth-order valence-corrected chi connectivity index (χ4v) is 2.83. The van der Waals surface area contributed by atoms with E-state index in [1.807, 2.05) is 4.68 Å². The molecule has 1 atom stereocenters. The van der Waals surface area contributed by atoms with Crippen LogP contribution in [0.15, 0.2) is 6.07 Å². The Labute approximate surface area is 103 Å². The number of anilines is 1. The predicted octanol–water partition coefficient (Wildman–Crippen LogP) is 1.73. The molecule has 2 fully saturated rings. The molecule has 0 spiro atoms. The fourth-order valence-electron chi connectivity index (χ4n) is 2.83. The van der Waals surface area contributed by atoms with Crippen LogP contribution in [0.4, 0.5) is 5.82 Å². The topological polar surface area (TPSA) is 55.9 Å². The van der Waals surface area contributed by atoms with Crippen LogP contribution in [0.3, 0.4) is 0 Å². The summed E-state index contributed by atoms with van der Waals surface area (Å²) in [5.74, 6) is 2.22. The summed E-state index contributed by atoms with van der Waals surface area (Å²) in [6.07, 6.45) is 6.51. The second-order valence-electron chi connectivity index (χ2n) is 5.52. The van der Waals surface area contributed by atoms with Gasteiger partial charge in [-0.3, -0.25) is 0 Å². The van der Waals surface area contributed by atoms with Gasteiger partial charge >= 0.3 is 0 Å². The summed E-state index contributed by atoms with van der Waals surface area (Å²) in [5.41, 5.74) is 7.28. The first-order valence-electron chi connectivity index (χ1n) is 6.87. The minimum atomic E-state index is 0.683. The normalized spacial score (nSPS) is 25.8. The molecular formula is C13H22N4. The molecule has 3 rings (SSSR count). The van der Waals surface area contributed by atoms with Gasteiger partial charge in [-0.15, -0.1) is 0 Å². The highest BCUT2D eigenvalue weighted by molar-refractivity contribution is 5.33. The van der Waals surface area contributed by atoms with Crippen LogP contribution < -0.4 is 11.1 Å². The van der Waals surface area contributed by atoms with Gasteiger partial charge in [0.25, 0.3) is 0 Å². The molecule has 1 aliphatic heterocycles. The van der Waals surface area contributed by atoms with Crippen LogP contribution in [0, 0.1) is 5.92 Å². The van der Waals surface area contributed by atoms with Gasteiger partial charge in [-0.25, -0.2) is 4.68 Å². The van der Waals surface area contributed by atoms with Crippen LogP contribution in [0.25, 0.3) is 0 Å². The number of rotatable bonds is 3. The maximum Gasteiger partial charge on any atom is 0.121 e. The minimum Gasteiger partial charge on any atom is -0.384 e. The zero-order valence-corrected chi connectivity index (χ0v) is 10.4. The Morgan fingerprint density at radius 2 is 2.24 bits per heavy atom. The molecule has 4 heteroatoms. The van der Waals surface area contributed by atoms with Gasteiger partial charge in [0, 0.05) is 18.5 Å². The molecule has 1 saturated heterocycles. The molecule has 94 valence electrons. The molecule has 1 aromatic rings. The summed E-state index contributed by atoms with van der Waals surface area (Å²) in [4.78, 5) is 0. The van der Waals surface area contributed by atoms with Gasteiger partial charge in [0.1, 0.15) is 5.82 Å². The molecule has 0 radical (unpaired) electrons. The van der Waals surface area contributed by atoms with Crippen LogP contribution in [0.1, 0.15) is 43.7 Å². The van der Waals surface area contributed by atoms with E-state index in [1.54, 1.807) is 0 Å². The number of piperidine rings is 1. The van der Waals surface area contributed by atoms with Gasteiger partial charge < -0.3 is 11.1 Å². The molecule has 3 N–H and O–H groups in total. The lowest BCUT2D eigenvalue weighted by atomic mass is 9.83. The smallest absolute Gasteiger partial charge is 0.121 e. The zero-order chi connectivity index (χ0) is 11.7. The first kappa shape index (κ1) is 11.1. The molecule has 17 heavy (non-hydrogen) atoms. The number of nitrogens with zero attached hydrogens (tertiary/aromatic N) is 2. The van der Waals surface area contributed by atoms with E-state index in [0.29, 0.717) is 11.8 Å². The molecule has 0 amide bonds. The van der Waals surface area contributed by atoms with Crippen LogP contribution in [-0.2, 0) is 6.54 Å². The predicted molar refractivity (Wildman–Crippen MR) is 68.8 cm³/mol. The van der Waals surface area contributed by atoms with E-state index in [4.69, 9.17) is 5.73 Å². The maximum atomic E-state index is 6.06. The molecule has 0 bridgehead atoms. The Bertz CT molecular complexity index is 375. The third kappa shape index (κ3) is 2.32. The van der Waals surface area contributed by atoms with Gasteiger partial charge in [-0.1, -0.05) is 6.42 Å². The summed E-state index contributed by atoms with van der Waals surface area (Å²) in [7, 11) is 0. The average molecular weight is 234 g/mol. The van der Waals surface area contributed by atoms with Crippen molar-refractivity contribution in [3.8, 4) is 0 Å². The standard InChI is InChI=1S/C13H22N4/c14-13-7-12(11-4-1-5-11)16-17(13)9-10-3-2-6-15-8-10/h7,10-11,15H,1-6,8-9,14H2/t10-/m1/s1. The summed E-state index contributed by atoms with van der Waals surface area (Å²) in [5, 5.41) is 8.13. The monoisotopic (exact) mass is 234 g/mol. The lowest BCUT2D eigenvalue weighted by Crippen LogP contribution is -2.32. The third-order valence-electron chi connectivity index (χ3n) is 4.18. The first-order chi connectivity index (χ1) is 8.33. The van der Waals surface area contributed by atoms with Crippen molar-refractivity contribution in [3.05, 3.63) is 11.8 Å². The van der Waals surface area contributed by atoms with Crippen molar-refractivity contribution in [1.82, 2.24) is 15.1 Å². The number of nitrogen functional groups attached to an aromatic ring is 1. The highest BCUT2D eigenvalue weighted by Crippen LogP contribution is 2.36. The van der Waals surface area contributed by atoms with E-state index in [9.17, 15) is 0 Å². The lowest BCUT2D eigenvalue weighted by molar-refractivity contribution is 0.323. The van der Waals surface area contributed by atoms with E-state index >= 15 is 0 Å². The minimum absolute atomic E-state index is 0.683. The van der Waals surface area contributed by atoms with Gasteiger partial charge in [0.2, 0.25) is 0 Å². The summed E-state index contributed by atoms with van der Waals surface area (Å²) >= 11 is 0. The number of hydrogen-bond donors (Lipinski definition) is 2. The van der Waals surface area contributed by atoms with E-state index in [0.717, 1.165) is 18.9 Å². The Morgan fingerprint density at radius 1 is 1.35 bits per heavy atom. The highest BCUT2D eigenvalue weighted by Gasteiger charge is 2.23. The fraction of sp³-hybridized carbons (Fsp3) is 0.769. The molecule has 4 nitrogen and oxygen atoms in total. The molecule has 1 saturated carbocycles. The van der Waals surface area contributed by atoms with Crippen molar-refractivity contribution in [2.75, 3.05) is 18.8 Å². The second-order valence-corrected chi connectivity index (χ2v) is 5.52. The molecule has 1 aliphatic carbocycles. The van der Waals surface area contributed by atoms with Gasteiger partial charge in [0.15, 0.2) is 0 Å². The Kier molecular flexibility index (Phi) is 3.05. The number of aromatic nitrogens is 2. The summed E-state index contributed by atoms with van der Waals surface area (Å²) in [6, 6.07) is 2.08. The Balaban J connectivity index is 1.66. The van der Waals surface area contributed by atoms with Crippen molar-refractivity contribution in [2.24, 2.45) is 5.92 Å². The summed E-state index contributed by atoms with van der Waals surface area (Å²) in [6.45, 7) is 3.25. The quantitative estimate of drug-likeness (QED) is 0.837.